The monoisotopic (exact) mass is 317 g/mol. The molecule has 0 aliphatic rings. The SMILES string of the molecule is COc1ccccc1OCC(=O)Nc1cc(C(=O)O)ccc1O. The number of aromatic carboxylic acids is 1. The highest BCUT2D eigenvalue weighted by molar-refractivity contribution is 5.96. The van der Waals surface area contributed by atoms with Crippen LogP contribution in [-0.2, 0) is 4.79 Å². The lowest BCUT2D eigenvalue weighted by Crippen LogP contribution is -2.20. The second kappa shape index (κ2) is 7.17. The van der Waals surface area contributed by atoms with Crippen LogP contribution in [0.3, 0.4) is 0 Å². The summed E-state index contributed by atoms with van der Waals surface area (Å²) >= 11 is 0. The van der Waals surface area contributed by atoms with Gasteiger partial charge in [-0.1, -0.05) is 12.1 Å². The number of carbonyl (C=O) groups excluding carboxylic acids is 1. The first-order valence-corrected chi connectivity index (χ1v) is 6.63. The van der Waals surface area contributed by atoms with Crippen molar-refractivity contribution in [2.24, 2.45) is 0 Å². The van der Waals surface area contributed by atoms with Gasteiger partial charge in [0, 0.05) is 0 Å². The van der Waals surface area contributed by atoms with Gasteiger partial charge in [0.1, 0.15) is 5.75 Å². The summed E-state index contributed by atoms with van der Waals surface area (Å²) in [7, 11) is 1.48. The van der Waals surface area contributed by atoms with E-state index in [9.17, 15) is 14.7 Å². The molecule has 0 atom stereocenters. The number of benzene rings is 2. The second-order valence-electron chi connectivity index (χ2n) is 4.52. The van der Waals surface area contributed by atoms with Crippen LogP contribution in [0.4, 0.5) is 5.69 Å². The molecular weight excluding hydrogens is 302 g/mol. The van der Waals surface area contributed by atoms with Gasteiger partial charge in [0.2, 0.25) is 0 Å². The first kappa shape index (κ1) is 16.2. The smallest absolute Gasteiger partial charge is 0.335 e. The minimum Gasteiger partial charge on any atom is -0.506 e. The van der Waals surface area contributed by atoms with E-state index in [1.54, 1.807) is 24.3 Å². The Morgan fingerprint density at radius 1 is 1.13 bits per heavy atom. The van der Waals surface area contributed by atoms with Gasteiger partial charge in [-0.25, -0.2) is 4.79 Å². The van der Waals surface area contributed by atoms with E-state index < -0.39 is 11.9 Å². The summed E-state index contributed by atoms with van der Waals surface area (Å²) in [6, 6.07) is 10.4. The van der Waals surface area contributed by atoms with Crippen molar-refractivity contribution in [2.45, 2.75) is 0 Å². The molecule has 2 aromatic carbocycles. The molecule has 0 saturated heterocycles. The van der Waals surface area contributed by atoms with Crippen LogP contribution in [0.1, 0.15) is 10.4 Å². The summed E-state index contributed by atoms with van der Waals surface area (Å²) in [5.41, 5.74) is -0.0535. The largest absolute Gasteiger partial charge is 0.506 e. The van der Waals surface area contributed by atoms with Crippen molar-refractivity contribution in [2.75, 3.05) is 19.0 Å². The second-order valence-corrected chi connectivity index (χ2v) is 4.52. The fraction of sp³-hybridized carbons (Fsp3) is 0.125. The molecule has 0 spiro atoms. The number of carbonyl (C=O) groups is 2. The predicted molar refractivity (Wildman–Crippen MR) is 82.2 cm³/mol. The van der Waals surface area contributed by atoms with E-state index in [2.05, 4.69) is 5.32 Å². The number of nitrogens with one attached hydrogen (secondary N) is 1. The zero-order chi connectivity index (χ0) is 16.8. The molecule has 2 rings (SSSR count). The molecule has 0 heterocycles. The fourth-order valence-electron chi connectivity index (χ4n) is 1.84. The Bertz CT molecular complexity index is 728. The maximum atomic E-state index is 11.9. The zero-order valence-electron chi connectivity index (χ0n) is 12.3. The van der Waals surface area contributed by atoms with Crippen molar-refractivity contribution in [1.29, 1.82) is 0 Å². The molecule has 0 radical (unpaired) electrons. The van der Waals surface area contributed by atoms with Crippen molar-refractivity contribution in [3.63, 3.8) is 0 Å². The molecule has 23 heavy (non-hydrogen) atoms. The minimum atomic E-state index is -1.16. The number of rotatable bonds is 6. The molecule has 0 bridgehead atoms. The first-order valence-electron chi connectivity index (χ1n) is 6.63. The van der Waals surface area contributed by atoms with Crippen LogP contribution in [0.25, 0.3) is 0 Å². The maximum absolute atomic E-state index is 11.9. The van der Waals surface area contributed by atoms with Gasteiger partial charge in [0.15, 0.2) is 18.1 Å². The number of hydrogen-bond acceptors (Lipinski definition) is 5. The predicted octanol–water partition coefficient (Wildman–Crippen LogP) is 2.12. The molecule has 7 nitrogen and oxygen atoms in total. The lowest BCUT2D eigenvalue weighted by Gasteiger charge is -2.11. The summed E-state index contributed by atoms with van der Waals surface area (Å²) in [5.74, 6) is -1.06. The standard InChI is InChI=1S/C16H15NO6/c1-22-13-4-2-3-5-14(13)23-9-15(19)17-11-8-10(16(20)21)6-7-12(11)18/h2-8,18H,9H2,1H3,(H,17,19)(H,20,21). The third kappa shape index (κ3) is 4.13. The number of carboxylic acids is 1. The lowest BCUT2D eigenvalue weighted by molar-refractivity contribution is -0.118. The van der Waals surface area contributed by atoms with Gasteiger partial charge >= 0.3 is 5.97 Å². The van der Waals surface area contributed by atoms with Crippen LogP contribution in [0, 0.1) is 0 Å². The number of aromatic hydroxyl groups is 1. The van der Waals surface area contributed by atoms with Gasteiger partial charge in [0.25, 0.3) is 5.91 Å². The molecule has 7 heteroatoms. The molecule has 3 N–H and O–H groups in total. The normalized spacial score (nSPS) is 9.96. The van der Waals surface area contributed by atoms with Crippen LogP contribution >= 0.6 is 0 Å². The molecule has 0 saturated carbocycles. The number of ether oxygens (including phenoxy) is 2. The van der Waals surface area contributed by atoms with Gasteiger partial charge < -0.3 is 25.0 Å². The summed E-state index contributed by atoms with van der Waals surface area (Å²) in [6.45, 7) is -0.322. The molecular formula is C16H15NO6. The summed E-state index contributed by atoms with van der Waals surface area (Å²) in [6.07, 6.45) is 0. The number of methoxy groups -OCH3 is 1. The summed E-state index contributed by atoms with van der Waals surface area (Å²) in [5, 5.41) is 21.0. The third-order valence-corrected chi connectivity index (χ3v) is 2.95. The zero-order valence-corrected chi connectivity index (χ0v) is 12.3. The quantitative estimate of drug-likeness (QED) is 0.705. The first-order chi connectivity index (χ1) is 11.0. The van der Waals surface area contributed by atoms with E-state index in [-0.39, 0.29) is 23.6 Å². The molecule has 0 aliphatic heterocycles. The molecule has 0 aromatic heterocycles. The van der Waals surface area contributed by atoms with Gasteiger partial charge in [0.05, 0.1) is 18.4 Å². The average molecular weight is 317 g/mol. The topological polar surface area (TPSA) is 105 Å². The number of anilines is 1. The fourth-order valence-corrected chi connectivity index (χ4v) is 1.84. The highest BCUT2D eigenvalue weighted by atomic mass is 16.5. The molecule has 0 aliphatic carbocycles. The van der Waals surface area contributed by atoms with E-state index in [1.165, 1.54) is 25.3 Å². The van der Waals surface area contributed by atoms with Crippen LogP contribution in [-0.4, -0.2) is 35.8 Å². The van der Waals surface area contributed by atoms with E-state index in [0.29, 0.717) is 11.5 Å². The minimum absolute atomic E-state index is 0.00136. The third-order valence-electron chi connectivity index (χ3n) is 2.95. The van der Waals surface area contributed by atoms with Crippen molar-refractivity contribution in [3.8, 4) is 17.2 Å². The Balaban J connectivity index is 2.02. The Morgan fingerprint density at radius 2 is 1.83 bits per heavy atom. The number of phenolic OH excluding ortho intramolecular Hbond substituents is 1. The van der Waals surface area contributed by atoms with E-state index >= 15 is 0 Å². The van der Waals surface area contributed by atoms with Gasteiger partial charge in [-0.3, -0.25) is 4.79 Å². The Kier molecular flexibility index (Phi) is 5.03. The average Bonchev–Trinajstić information content (AvgIpc) is 2.55. The van der Waals surface area contributed by atoms with Crippen molar-refractivity contribution in [1.82, 2.24) is 0 Å². The Hall–Kier alpha value is -3.22. The van der Waals surface area contributed by atoms with Gasteiger partial charge in [-0.2, -0.15) is 0 Å². The van der Waals surface area contributed by atoms with E-state index in [0.717, 1.165) is 0 Å². The maximum Gasteiger partial charge on any atom is 0.335 e. The summed E-state index contributed by atoms with van der Waals surface area (Å²) < 4.78 is 10.4. The van der Waals surface area contributed by atoms with Crippen LogP contribution < -0.4 is 14.8 Å². The van der Waals surface area contributed by atoms with E-state index in [4.69, 9.17) is 14.6 Å². The Labute approximate surface area is 132 Å². The molecule has 0 unspecified atom stereocenters. The van der Waals surface area contributed by atoms with Crippen molar-refractivity contribution >= 4 is 17.6 Å². The van der Waals surface area contributed by atoms with Crippen molar-refractivity contribution < 1.29 is 29.3 Å². The number of amides is 1. The highest BCUT2D eigenvalue weighted by Gasteiger charge is 2.12. The van der Waals surface area contributed by atoms with Crippen LogP contribution in [0.5, 0.6) is 17.2 Å². The lowest BCUT2D eigenvalue weighted by atomic mass is 10.2. The van der Waals surface area contributed by atoms with Crippen LogP contribution in [0.2, 0.25) is 0 Å². The number of para-hydroxylation sites is 2. The molecule has 0 fully saturated rings. The number of hydrogen-bond donors (Lipinski definition) is 3. The van der Waals surface area contributed by atoms with E-state index in [1.807, 2.05) is 0 Å². The molecule has 2 aromatic rings. The highest BCUT2D eigenvalue weighted by Crippen LogP contribution is 2.26. The number of carboxylic acid groups (broad SMARTS) is 1. The van der Waals surface area contributed by atoms with Gasteiger partial charge in [-0.15, -0.1) is 0 Å². The number of phenols is 1. The molecule has 120 valence electrons. The van der Waals surface area contributed by atoms with Crippen LogP contribution in [0.15, 0.2) is 42.5 Å². The Morgan fingerprint density at radius 3 is 2.48 bits per heavy atom. The molecule has 1 amide bonds. The van der Waals surface area contributed by atoms with Crippen molar-refractivity contribution in [3.05, 3.63) is 48.0 Å². The summed E-state index contributed by atoms with van der Waals surface area (Å²) in [4.78, 5) is 22.8. The van der Waals surface area contributed by atoms with Gasteiger partial charge in [-0.05, 0) is 30.3 Å².